The van der Waals surface area contributed by atoms with Crippen molar-refractivity contribution < 1.29 is 13.9 Å². The van der Waals surface area contributed by atoms with Crippen LogP contribution in [0.3, 0.4) is 0 Å². The zero-order chi connectivity index (χ0) is 17.9. The summed E-state index contributed by atoms with van der Waals surface area (Å²) in [4.78, 5) is 24.6. The smallest absolute Gasteiger partial charge is 0.257 e. The molecule has 4 heterocycles. The lowest BCUT2D eigenvalue weighted by Gasteiger charge is -2.22. The Balaban J connectivity index is 1.44. The van der Waals surface area contributed by atoms with Gasteiger partial charge in [-0.15, -0.1) is 0 Å². The zero-order valence-electron chi connectivity index (χ0n) is 14.5. The highest BCUT2D eigenvalue weighted by Gasteiger charge is 2.30. The van der Waals surface area contributed by atoms with Gasteiger partial charge in [0, 0.05) is 38.4 Å². The molecule has 0 N–H and O–H groups in total. The van der Waals surface area contributed by atoms with Crippen LogP contribution in [0.1, 0.15) is 29.6 Å². The standard InChI is InChI=1S/C19H21FN4O2/c20-16-12-21-8-5-15(16)19(25)24-11-6-14(13-24)26-17-4-3-7-22-18(17)23-9-1-2-10-23/h3-5,7-8,12,14H,1-2,6,9-11,13H2/t14-/m1/s1. The molecule has 4 rings (SSSR count). The van der Waals surface area contributed by atoms with E-state index in [4.69, 9.17) is 4.74 Å². The first-order chi connectivity index (χ1) is 12.7. The molecule has 2 saturated heterocycles. The Morgan fingerprint density at radius 2 is 2.04 bits per heavy atom. The Morgan fingerprint density at radius 3 is 2.85 bits per heavy atom. The molecule has 1 atom stereocenters. The fraction of sp³-hybridized carbons (Fsp3) is 0.421. The topological polar surface area (TPSA) is 58.6 Å². The number of carbonyl (C=O) groups is 1. The molecule has 0 radical (unpaired) electrons. The zero-order valence-corrected chi connectivity index (χ0v) is 14.5. The molecule has 26 heavy (non-hydrogen) atoms. The van der Waals surface area contributed by atoms with Crippen LogP contribution in [0.15, 0.2) is 36.8 Å². The molecule has 6 nitrogen and oxygen atoms in total. The van der Waals surface area contributed by atoms with Crippen molar-refractivity contribution in [1.29, 1.82) is 0 Å². The van der Waals surface area contributed by atoms with E-state index in [1.807, 2.05) is 12.1 Å². The van der Waals surface area contributed by atoms with Gasteiger partial charge in [-0.05, 0) is 31.0 Å². The van der Waals surface area contributed by atoms with Gasteiger partial charge in [-0.1, -0.05) is 0 Å². The molecule has 0 saturated carbocycles. The van der Waals surface area contributed by atoms with E-state index in [9.17, 15) is 9.18 Å². The minimum absolute atomic E-state index is 0.0554. The highest BCUT2D eigenvalue weighted by Crippen LogP contribution is 2.30. The fourth-order valence-electron chi connectivity index (χ4n) is 3.55. The van der Waals surface area contributed by atoms with Gasteiger partial charge in [-0.2, -0.15) is 0 Å². The quantitative estimate of drug-likeness (QED) is 0.842. The van der Waals surface area contributed by atoms with E-state index in [1.165, 1.54) is 25.1 Å². The molecule has 0 spiro atoms. The van der Waals surface area contributed by atoms with Gasteiger partial charge >= 0.3 is 0 Å². The highest BCUT2D eigenvalue weighted by molar-refractivity contribution is 5.94. The molecule has 1 amide bonds. The third kappa shape index (κ3) is 3.34. The second-order valence-corrected chi connectivity index (χ2v) is 6.65. The van der Waals surface area contributed by atoms with E-state index < -0.39 is 5.82 Å². The maximum absolute atomic E-state index is 13.8. The number of aromatic nitrogens is 2. The van der Waals surface area contributed by atoms with Crippen LogP contribution in [0, 0.1) is 5.82 Å². The molecule has 7 heteroatoms. The molecule has 2 aromatic heterocycles. The Kier molecular flexibility index (Phi) is 4.69. The van der Waals surface area contributed by atoms with Gasteiger partial charge in [0.1, 0.15) is 6.10 Å². The normalized spacial score (nSPS) is 19.8. The number of anilines is 1. The van der Waals surface area contributed by atoms with Gasteiger partial charge in [0.05, 0.1) is 18.3 Å². The molecule has 136 valence electrons. The minimum atomic E-state index is -0.592. The molecule has 2 aromatic rings. The molecular weight excluding hydrogens is 335 g/mol. The van der Waals surface area contributed by atoms with Gasteiger partial charge < -0.3 is 14.5 Å². The van der Waals surface area contributed by atoms with Crippen molar-refractivity contribution in [2.75, 3.05) is 31.1 Å². The number of rotatable bonds is 4. The van der Waals surface area contributed by atoms with Crippen LogP contribution in [0.5, 0.6) is 5.75 Å². The summed E-state index contributed by atoms with van der Waals surface area (Å²) in [5, 5.41) is 0. The number of pyridine rings is 2. The van der Waals surface area contributed by atoms with Crippen molar-refractivity contribution in [3.8, 4) is 5.75 Å². The first kappa shape index (κ1) is 16.8. The van der Waals surface area contributed by atoms with Crippen LogP contribution >= 0.6 is 0 Å². The number of amides is 1. The lowest BCUT2D eigenvalue weighted by Crippen LogP contribution is -2.31. The van der Waals surface area contributed by atoms with E-state index in [0.717, 1.165) is 30.9 Å². The summed E-state index contributed by atoms with van der Waals surface area (Å²) in [6.45, 7) is 2.97. The molecule has 0 unspecified atom stereocenters. The Hall–Kier alpha value is -2.70. The second-order valence-electron chi connectivity index (χ2n) is 6.65. The number of likely N-dealkylation sites (tertiary alicyclic amines) is 1. The molecule has 2 aliphatic heterocycles. The first-order valence-corrected chi connectivity index (χ1v) is 8.98. The maximum Gasteiger partial charge on any atom is 0.257 e. The van der Waals surface area contributed by atoms with E-state index in [2.05, 4.69) is 14.9 Å². The maximum atomic E-state index is 13.8. The summed E-state index contributed by atoms with van der Waals surface area (Å²) in [6, 6.07) is 5.20. The van der Waals surface area contributed by atoms with Crippen molar-refractivity contribution in [3.05, 3.63) is 48.2 Å². The number of ether oxygens (including phenoxy) is 1. The fourth-order valence-corrected chi connectivity index (χ4v) is 3.55. The summed E-state index contributed by atoms with van der Waals surface area (Å²) in [5.41, 5.74) is 0.0554. The van der Waals surface area contributed by atoms with Crippen molar-refractivity contribution in [2.24, 2.45) is 0 Å². The van der Waals surface area contributed by atoms with Crippen LogP contribution in [-0.2, 0) is 0 Å². The largest absolute Gasteiger partial charge is 0.485 e. The summed E-state index contributed by atoms with van der Waals surface area (Å²) in [6.07, 6.45) is 7.20. The molecule has 0 aliphatic carbocycles. The lowest BCUT2D eigenvalue weighted by atomic mass is 10.2. The van der Waals surface area contributed by atoms with Gasteiger partial charge in [0.2, 0.25) is 0 Å². The van der Waals surface area contributed by atoms with Crippen LogP contribution in [0.4, 0.5) is 10.2 Å². The van der Waals surface area contributed by atoms with Gasteiger partial charge in [-0.25, -0.2) is 9.37 Å². The number of halogens is 1. The lowest BCUT2D eigenvalue weighted by molar-refractivity contribution is 0.0767. The Bertz CT molecular complexity index is 795. The van der Waals surface area contributed by atoms with Gasteiger partial charge in [-0.3, -0.25) is 9.78 Å². The number of hydrogen-bond donors (Lipinski definition) is 0. The van der Waals surface area contributed by atoms with Crippen molar-refractivity contribution >= 4 is 11.7 Å². The van der Waals surface area contributed by atoms with Gasteiger partial charge in [0.15, 0.2) is 17.4 Å². The summed E-state index contributed by atoms with van der Waals surface area (Å²) < 4.78 is 20.0. The highest BCUT2D eigenvalue weighted by atomic mass is 19.1. The monoisotopic (exact) mass is 356 g/mol. The average molecular weight is 356 g/mol. The van der Waals surface area contributed by atoms with Crippen molar-refractivity contribution in [2.45, 2.75) is 25.4 Å². The van der Waals surface area contributed by atoms with Crippen LogP contribution in [0.25, 0.3) is 0 Å². The predicted molar refractivity (Wildman–Crippen MR) is 94.8 cm³/mol. The summed E-state index contributed by atoms with van der Waals surface area (Å²) in [5.74, 6) is 0.714. The van der Waals surface area contributed by atoms with E-state index in [-0.39, 0.29) is 17.6 Å². The van der Waals surface area contributed by atoms with E-state index in [1.54, 1.807) is 11.1 Å². The Morgan fingerprint density at radius 1 is 1.19 bits per heavy atom. The SMILES string of the molecule is O=C(c1ccncc1F)N1CC[C@@H](Oc2cccnc2N2CCCC2)C1. The molecule has 0 bridgehead atoms. The summed E-state index contributed by atoms with van der Waals surface area (Å²) >= 11 is 0. The van der Waals surface area contributed by atoms with Crippen molar-refractivity contribution in [1.82, 2.24) is 14.9 Å². The molecule has 2 aliphatic rings. The van der Waals surface area contributed by atoms with Crippen molar-refractivity contribution in [3.63, 3.8) is 0 Å². The molecule has 0 aromatic carbocycles. The predicted octanol–water partition coefficient (Wildman–Crippen LogP) is 2.51. The third-order valence-corrected chi connectivity index (χ3v) is 4.89. The first-order valence-electron chi connectivity index (χ1n) is 8.98. The van der Waals surface area contributed by atoms with E-state index >= 15 is 0 Å². The Labute approximate surface area is 151 Å². The van der Waals surface area contributed by atoms with Crippen LogP contribution < -0.4 is 9.64 Å². The number of hydrogen-bond acceptors (Lipinski definition) is 5. The molecular formula is C19H21FN4O2. The van der Waals surface area contributed by atoms with Crippen LogP contribution in [-0.4, -0.2) is 53.1 Å². The van der Waals surface area contributed by atoms with E-state index in [0.29, 0.717) is 19.5 Å². The minimum Gasteiger partial charge on any atom is -0.485 e. The number of carbonyl (C=O) groups excluding carboxylic acids is 1. The van der Waals surface area contributed by atoms with Gasteiger partial charge in [0.25, 0.3) is 5.91 Å². The molecule has 2 fully saturated rings. The third-order valence-electron chi connectivity index (χ3n) is 4.89. The van der Waals surface area contributed by atoms with Crippen LogP contribution in [0.2, 0.25) is 0 Å². The summed E-state index contributed by atoms with van der Waals surface area (Å²) in [7, 11) is 0. The number of nitrogens with zero attached hydrogens (tertiary/aromatic N) is 4. The second kappa shape index (κ2) is 7.27. The average Bonchev–Trinajstić information content (AvgIpc) is 3.34.